The average Bonchev–Trinajstić information content (AvgIpc) is 2.62. The van der Waals surface area contributed by atoms with Crippen LogP contribution in [0.25, 0.3) is 0 Å². The summed E-state index contributed by atoms with van der Waals surface area (Å²) in [4.78, 5) is 24.3. The summed E-state index contributed by atoms with van der Waals surface area (Å²) >= 11 is 0. The second-order valence-electron chi connectivity index (χ2n) is 4.55. The zero-order valence-electron chi connectivity index (χ0n) is 10.2. The Hall–Kier alpha value is -1.88. The number of carbonyl (C=O) groups is 2. The Morgan fingerprint density at radius 1 is 1.56 bits per heavy atom. The number of anilines is 1. The van der Waals surface area contributed by atoms with Crippen molar-refractivity contribution in [1.29, 1.82) is 0 Å². The molecule has 0 radical (unpaired) electrons. The van der Waals surface area contributed by atoms with Gasteiger partial charge in [0.15, 0.2) is 0 Å². The van der Waals surface area contributed by atoms with Gasteiger partial charge in [-0.2, -0.15) is 0 Å². The van der Waals surface area contributed by atoms with Gasteiger partial charge in [0.25, 0.3) is 0 Å². The molecule has 5 heteroatoms. The number of hydrogen-bond acceptors (Lipinski definition) is 3. The minimum absolute atomic E-state index is 0.0482. The number of carboxylic acids is 1. The van der Waals surface area contributed by atoms with E-state index in [0.29, 0.717) is 13.0 Å². The smallest absolute Gasteiger partial charge is 0.305 e. The highest BCUT2D eigenvalue weighted by atomic mass is 16.4. The number of nitrogens with two attached hydrogens (primary N) is 1. The summed E-state index contributed by atoms with van der Waals surface area (Å²) < 4.78 is 0. The first-order valence-corrected chi connectivity index (χ1v) is 5.88. The van der Waals surface area contributed by atoms with Gasteiger partial charge in [-0.15, -0.1) is 0 Å². The maximum Gasteiger partial charge on any atom is 0.305 e. The summed E-state index contributed by atoms with van der Waals surface area (Å²) in [7, 11) is 0. The van der Waals surface area contributed by atoms with Crippen molar-refractivity contribution in [3.8, 4) is 0 Å². The lowest BCUT2D eigenvalue weighted by Gasteiger charge is -2.24. The van der Waals surface area contributed by atoms with E-state index in [1.54, 1.807) is 11.8 Å². The molecule has 18 heavy (non-hydrogen) atoms. The monoisotopic (exact) mass is 248 g/mol. The molecule has 1 amide bonds. The number of nitrogens with zero attached hydrogens (tertiary/aromatic N) is 1. The molecular formula is C13H16N2O3. The van der Waals surface area contributed by atoms with E-state index in [1.165, 1.54) is 0 Å². The zero-order chi connectivity index (χ0) is 13.3. The van der Waals surface area contributed by atoms with Gasteiger partial charge in [-0.3, -0.25) is 9.59 Å². The molecular weight excluding hydrogens is 232 g/mol. The van der Waals surface area contributed by atoms with Crippen LogP contribution in [0.4, 0.5) is 5.69 Å². The Bertz CT molecular complexity index is 499. The van der Waals surface area contributed by atoms with Crippen molar-refractivity contribution in [3.63, 3.8) is 0 Å². The van der Waals surface area contributed by atoms with Crippen molar-refractivity contribution < 1.29 is 14.7 Å². The van der Waals surface area contributed by atoms with Gasteiger partial charge in [0.1, 0.15) is 0 Å². The summed E-state index contributed by atoms with van der Waals surface area (Å²) in [5.41, 5.74) is 8.29. The van der Waals surface area contributed by atoms with Crippen LogP contribution >= 0.6 is 0 Å². The number of aliphatic carboxylic acids is 1. The molecule has 1 aromatic carbocycles. The Morgan fingerprint density at radius 2 is 2.28 bits per heavy atom. The van der Waals surface area contributed by atoms with Crippen molar-refractivity contribution in [1.82, 2.24) is 0 Å². The third-order valence-corrected chi connectivity index (χ3v) is 3.16. The first-order chi connectivity index (χ1) is 8.52. The fraction of sp³-hybridized carbons (Fsp3) is 0.385. The van der Waals surface area contributed by atoms with Crippen molar-refractivity contribution in [3.05, 3.63) is 29.3 Å². The highest BCUT2D eigenvalue weighted by Crippen LogP contribution is 2.32. The number of fused-ring (bicyclic) bond motifs is 1. The summed E-state index contributed by atoms with van der Waals surface area (Å²) in [5.74, 6) is -0.949. The van der Waals surface area contributed by atoms with E-state index in [4.69, 9.17) is 10.8 Å². The Labute approximate surface area is 105 Å². The maximum atomic E-state index is 12.0. The quantitative estimate of drug-likeness (QED) is 0.829. The maximum absolute atomic E-state index is 12.0. The molecule has 0 bridgehead atoms. The summed E-state index contributed by atoms with van der Waals surface area (Å²) in [5, 5.41) is 8.81. The molecule has 1 atom stereocenters. The molecule has 0 aliphatic carbocycles. The molecule has 3 N–H and O–H groups in total. The normalized spacial score (nSPS) is 15.7. The highest BCUT2D eigenvalue weighted by molar-refractivity contribution is 6.02. The molecule has 1 heterocycles. The van der Waals surface area contributed by atoms with Crippen molar-refractivity contribution in [2.45, 2.75) is 32.4 Å². The van der Waals surface area contributed by atoms with E-state index in [9.17, 15) is 9.59 Å². The predicted molar refractivity (Wildman–Crippen MR) is 67.2 cm³/mol. The molecule has 0 saturated carbocycles. The van der Waals surface area contributed by atoms with Crippen LogP contribution in [-0.2, 0) is 22.6 Å². The van der Waals surface area contributed by atoms with Crippen LogP contribution in [0.2, 0.25) is 0 Å². The topological polar surface area (TPSA) is 83.6 Å². The number of benzene rings is 1. The SMILES string of the molecule is CC(CC(=O)O)N1C(=O)Cc2cc(CN)ccc21. The lowest BCUT2D eigenvalue weighted by Crippen LogP contribution is -2.37. The van der Waals surface area contributed by atoms with E-state index in [2.05, 4.69) is 0 Å². The van der Waals surface area contributed by atoms with Gasteiger partial charge in [-0.1, -0.05) is 12.1 Å². The molecule has 1 aliphatic rings. The van der Waals surface area contributed by atoms with Gasteiger partial charge in [0, 0.05) is 18.3 Å². The van der Waals surface area contributed by atoms with Gasteiger partial charge >= 0.3 is 5.97 Å². The van der Waals surface area contributed by atoms with Gasteiger partial charge in [0.05, 0.1) is 12.8 Å². The third kappa shape index (κ3) is 2.22. The molecule has 0 spiro atoms. The van der Waals surface area contributed by atoms with Crippen LogP contribution in [0.3, 0.4) is 0 Å². The Balaban J connectivity index is 2.30. The van der Waals surface area contributed by atoms with Crippen molar-refractivity contribution in [2.24, 2.45) is 5.73 Å². The first-order valence-electron chi connectivity index (χ1n) is 5.88. The molecule has 0 aromatic heterocycles. The van der Waals surface area contributed by atoms with E-state index in [1.807, 2.05) is 18.2 Å². The van der Waals surface area contributed by atoms with Gasteiger partial charge in [0.2, 0.25) is 5.91 Å². The standard InChI is InChI=1S/C13H16N2O3/c1-8(4-13(17)18)15-11-3-2-9(7-14)5-10(11)6-12(15)16/h2-3,5,8H,4,6-7,14H2,1H3,(H,17,18). The van der Waals surface area contributed by atoms with Crippen LogP contribution in [0.1, 0.15) is 24.5 Å². The van der Waals surface area contributed by atoms with Gasteiger partial charge in [-0.05, 0) is 24.1 Å². The Kier molecular flexibility index (Phi) is 3.34. The highest BCUT2D eigenvalue weighted by Gasteiger charge is 2.31. The van der Waals surface area contributed by atoms with Gasteiger partial charge < -0.3 is 15.7 Å². The lowest BCUT2D eigenvalue weighted by atomic mass is 10.1. The fourth-order valence-corrected chi connectivity index (χ4v) is 2.35. The van der Waals surface area contributed by atoms with Crippen LogP contribution in [0.5, 0.6) is 0 Å². The number of rotatable bonds is 4. The van der Waals surface area contributed by atoms with Crippen LogP contribution in [-0.4, -0.2) is 23.0 Å². The number of amides is 1. The molecule has 5 nitrogen and oxygen atoms in total. The molecule has 2 rings (SSSR count). The van der Waals surface area contributed by atoms with E-state index in [0.717, 1.165) is 16.8 Å². The molecule has 1 aliphatic heterocycles. The fourth-order valence-electron chi connectivity index (χ4n) is 2.35. The van der Waals surface area contributed by atoms with Crippen molar-refractivity contribution >= 4 is 17.6 Å². The molecule has 1 unspecified atom stereocenters. The number of carboxylic acid groups (broad SMARTS) is 1. The van der Waals surface area contributed by atoms with E-state index < -0.39 is 5.97 Å². The van der Waals surface area contributed by atoms with Crippen molar-refractivity contribution in [2.75, 3.05) is 4.90 Å². The minimum atomic E-state index is -0.901. The lowest BCUT2D eigenvalue weighted by molar-refractivity contribution is -0.137. The summed E-state index contributed by atoms with van der Waals surface area (Å²) in [6.45, 7) is 2.18. The summed E-state index contributed by atoms with van der Waals surface area (Å²) in [6.07, 6.45) is 0.275. The molecule has 0 fully saturated rings. The second-order valence-corrected chi connectivity index (χ2v) is 4.55. The molecule has 96 valence electrons. The number of hydrogen-bond donors (Lipinski definition) is 2. The predicted octanol–water partition coefficient (Wildman–Crippen LogP) is 0.898. The third-order valence-electron chi connectivity index (χ3n) is 3.16. The first kappa shape index (κ1) is 12.6. The molecule has 1 aromatic rings. The van der Waals surface area contributed by atoms with Crippen LogP contribution < -0.4 is 10.6 Å². The number of carbonyl (C=O) groups excluding carboxylic acids is 1. The van der Waals surface area contributed by atoms with E-state index in [-0.39, 0.29) is 18.4 Å². The Morgan fingerprint density at radius 3 is 2.89 bits per heavy atom. The van der Waals surface area contributed by atoms with Crippen LogP contribution in [0, 0.1) is 0 Å². The molecule has 0 saturated heterocycles. The minimum Gasteiger partial charge on any atom is -0.481 e. The average molecular weight is 248 g/mol. The largest absolute Gasteiger partial charge is 0.481 e. The van der Waals surface area contributed by atoms with Crippen LogP contribution in [0.15, 0.2) is 18.2 Å². The summed E-state index contributed by atoms with van der Waals surface area (Å²) in [6, 6.07) is 5.30. The van der Waals surface area contributed by atoms with Gasteiger partial charge in [-0.25, -0.2) is 0 Å². The second kappa shape index (κ2) is 4.78. The zero-order valence-corrected chi connectivity index (χ0v) is 10.2. The van der Waals surface area contributed by atoms with E-state index >= 15 is 0 Å².